The molecule has 1 N–H and O–H groups in total. The summed E-state index contributed by atoms with van der Waals surface area (Å²) in [6.45, 7) is 3.41. The second kappa shape index (κ2) is 10.2. The van der Waals surface area contributed by atoms with Gasteiger partial charge in [0.05, 0.1) is 12.6 Å². The fourth-order valence-electron chi connectivity index (χ4n) is 4.76. The third kappa shape index (κ3) is 5.62. The van der Waals surface area contributed by atoms with Crippen LogP contribution in [0.5, 0.6) is 0 Å². The first-order chi connectivity index (χ1) is 15.1. The molecule has 8 heteroatoms. The first-order valence-electron chi connectivity index (χ1n) is 11.4. The number of rotatable bonds is 8. The Morgan fingerprint density at radius 1 is 1.10 bits per heavy atom. The average Bonchev–Trinajstić information content (AvgIpc) is 3.43. The van der Waals surface area contributed by atoms with E-state index in [0.717, 1.165) is 31.0 Å². The monoisotopic (exact) mass is 428 g/mol. The summed E-state index contributed by atoms with van der Waals surface area (Å²) in [5.41, 5.74) is 0.769. The molecule has 8 nitrogen and oxygen atoms in total. The lowest BCUT2D eigenvalue weighted by Gasteiger charge is -2.35. The van der Waals surface area contributed by atoms with Crippen molar-refractivity contribution in [2.24, 2.45) is 5.92 Å². The van der Waals surface area contributed by atoms with Crippen LogP contribution in [0.1, 0.15) is 38.5 Å². The minimum Gasteiger partial charge on any atom is -0.390 e. The molecule has 1 aliphatic heterocycles. The van der Waals surface area contributed by atoms with E-state index in [1.807, 2.05) is 35.2 Å². The van der Waals surface area contributed by atoms with Crippen molar-refractivity contribution in [3.8, 4) is 11.4 Å². The lowest BCUT2D eigenvalue weighted by molar-refractivity contribution is -0.133. The Morgan fingerprint density at radius 2 is 1.81 bits per heavy atom. The van der Waals surface area contributed by atoms with Gasteiger partial charge in [-0.25, -0.2) is 4.79 Å². The summed E-state index contributed by atoms with van der Waals surface area (Å²) in [5, 5.41) is 14.5. The van der Waals surface area contributed by atoms with Crippen LogP contribution in [0, 0.1) is 5.92 Å². The molecule has 1 unspecified atom stereocenters. The van der Waals surface area contributed by atoms with Crippen molar-refractivity contribution in [2.45, 2.75) is 51.2 Å². The molecule has 0 radical (unpaired) electrons. The number of amides is 1. The van der Waals surface area contributed by atoms with Crippen molar-refractivity contribution in [1.29, 1.82) is 0 Å². The number of carbonyl (C=O) groups excluding carboxylic acids is 1. The van der Waals surface area contributed by atoms with Gasteiger partial charge in [-0.1, -0.05) is 61.2 Å². The van der Waals surface area contributed by atoms with Gasteiger partial charge in [0.15, 0.2) is 5.82 Å². The molecule has 4 rings (SSSR count). The molecule has 2 aromatic rings. The SMILES string of the molecule is O=C(CCC1CCCC1)N1CCN(CC(O)Cn2c(-c3ccccc3)noc2=O)CC1. The van der Waals surface area contributed by atoms with E-state index < -0.39 is 11.9 Å². The van der Waals surface area contributed by atoms with Gasteiger partial charge in [-0.2, -0.15) is 0 Å². The number of piperazine rings is 1. The van der Waals surface area contributed by atoms with E-state index in [1.54, 1.807) is 0 Å². The Morgan fingerprint density at radius 3 is 2.52 bits per heavy atom. The topological polar surface area (TPSA) is 91.8 Å². The second-order valence-corrected chi connectivity index (χ2v) is 8.77. The summed E-state index contributed by atoms with van der Waals surface area (Å²) in [5.74, 6) is 0.843. The fourth-order valence-corrected chi connectivity index (χ4v) is 4.76. The summed E-state index contributed by atoms with van der Waals surface area (Å²) in [7, 11) is 0. The minimum atomic E-state index is -0.732. The molecule has 168 valence electrons. The van der Waals surface area contributed by atoms with Crippen molar-refractivity contribution >= 4 is 5.91 Å². The molecule has 0 spiro atoms. The smallest absolute Gasteiger partial charge is 0.390 e. The first kappa shape index (κ1) is 21.8. The van der Waals surface area contributed by atoms with Crippen molar-refractivity contribution in [1.82, 2.24) is 19.5 Å². The number of nitrogens with zero attached hydrogens (tertiary/aromatic N) is 4. The highest BCUT2D eigenvalue weighted by atomic mass is 16.5. The zero-order valence-electron chi connectivity index (χ0n) is 18.0. The van der Waals surface area contributed by atoms with Crippen molar-refractivity contribution in [2.75, 3.05) is 32.7 Å². The van der Waals surface area contributed by atoms with Crippen LogP contribution in [0.3, 0.4) is 0 Å². The van der Waals surface area contributed by atoms with Gasteiger partial charge >= 0.3 is 5.76 Å². The van der Waals surface area contributed by atoms with Gasteiger partial charge in [0.1, 0.15) is 0 Å². The van der Waals surface area contributed by atoms with Gasteiger partial charge in [-0.15, -0.1) is 0 Å². The van der Waals surface area contributed by atoms with Crippen LogP contribution in [-0.2, 0) is 11.3 Å². The number of β-amino-alcohol motifs (C(OH)–C–C–N with tert-alkyl or cyclic N) is 1. The summed E-state index contributed by atoms with van der Waals surface area (Å²) >= 11 is 0. The van der Waals surface area contributed by atoms with E-state index >= 15 is 0 Å². The summed E-state index contributed by atoms with van der Waals surface area (Å²) in [6, 6.07) is 9.32. The second-order valence-electron chi connectivity index (χ2n) is 8.77. The maximum atomic E-state index is 12.5. The summed E-state index contributed by atoms with van der Waals surface area (Å²) in [4.78, 5) is 28.7. The lowest BCUT2D eigenvalue weighted by atomic mass is 10.0. The zero-order chi connectivity index (χ0) is 21.6. The molecule has 2 heterocycles. The maximum Gasteiger partial charge on any atom is 0.441 e. The third-order valence-corrected chi connectivity index (χ3v) is 6.55. The van der Waals surface area contributed by atoms with Crippen molar-refractivity contribution < 1.29 is 14.4 Å². The number of aliphatic hydroxyl groups excluding tert-OH is 1. The highest BCUT2D eigenvalue weighted by Gasteiger charge is 2.25. The molecule has 1 atom stereocenters. The van der Waals surface area contributed by atoms with Crippen LogP contribution in [-0.4, -0.2) is 69.4 Å². The Balaban J connectivity index is 1.24. The van der Waals surface area contributed by atoms with E-state index in [2.05, 4.69) is 10.1 Å². The molecule has 2 fully saturated rings. The van der Waals surface area contributed by atoms with E-state index in [4.69, 9.17) is 4.52 Å². The summed E-state index contributed by atoms with van der Waals surface area (Å²) in [6.07, 6.45) is 6.13. The van der Waals surface area contributed by atoms with E-state index in [1.165, 1.54) is 30.3 Å². The fraction of sp³-hybridized carbons (Fsp3) is 0.609. The lowest BCUT2D eigenvalue weighted by Crippen LogP contribution is -2.50. The molecule has 1 saturated heterocycles. The van der Waals surface area contributed by atoms with Crippen LogP contribution in [0.4, 0.5) is 0 Å². The molecule has 31 heavy (non-hydrogen) atoms. The number of benzene rings is 1. The number of hydrogen-bond donors (Lipinski definition) is 1. The van der Waals surface area contributed by atoms with Crippen LogP contribution in [0.15, 0.2) is 39.6 Å². The third-order valence-electron chi connectivity index (χ3n) is 6.55. The predicted octanol–water partition coefficient (Wildman–Crippen LogP) is 1.98. The van der Waals surface area contributed by atoms with Crippen molar-refractivity contribution in [3.63, 3.8) is 0 Å². The number of carbonyl (C=O) groups is 1. The largest absolute Gasteiger partial charge is 0.441 e. The number of hydrogen-bond acceptors (Lipinski definition) is 6. The quantitative estimate of drug-likeness (QED) is 0.691. The van der Waals surface area contributed by atoms with Crippen LogP contribution in [0.25, 0.3) is 11.4 Å². The van der Waals surface area contributed by atoms with Crippen LogP contribution >= 0.6 is 0 Å². The Hall–Kier alpha value is -2.45. The molecule has 1 aliphatic carbocycles. The van der Waals surface area contributed by atoms with E-state index in [0.29, 0.717) is 31.9 Å². The van der Waals surface area contributed by atoms with E-state index in [9.17, 15) is 14.7 Å². The van der Waals surface area contributed by atoms with Crippen LogP contribution in [0.2, 0.25) is 0 Å². The molecule has 2 aliphatic rings. The molecule has 0 bridgehead atoms. The van der Waals surface area contributed by atoms with Gasteiger partial charge in [0.25, 0.3) is 0 Å². The maximum absolute atomic E-state index is 12.5. The molecule has 1 amide bonds. The van der Waals surface area contributed by atoms with Crippen molar-refractivity contribution in [3.05, 3.63) is 40.9 Å². The molecular formula is C23H32N4O4. The highest BCUT2D eigenvalue weighted by molar-refractivity contribution is 5.76. The highest BCUT2D eigenvalue weighted by Crippen LogP contribution is 2.28. The van der Waals surface area contributed by atoms with Gasteiger partial charge < -0.3 is 10.0 Å². The molecular weight excluding hydrogens is 396 g/mol. The molecule has 1 saturated carbocycles. The first-order valence-corrected chi connectivity index (χ1v) is 11.4. The Bertz CT molecular complexity index is 896. The van der Waals surface area contributed by atoms with Gasteiger partial charge in [-0.05, 0) is 12.3 Å². The van der Waals surface area contributed by atoms with Gasteiger partial charge in [-0.3, -0.25) is 18.8 Å². The van der Waals surface area contributed by atoms with Gasteiger partial charge in [0, 0.05) is 44.7 Å². The van der Waals surface area contributed by atoms with Crippen LogP contribution < -0.4 is 5.76 Å². The average molecular weight is 429 g/mol. The number of aliphatic hydroxyl groups is 1. The standard InChI is InChI=1S/C23H32N4O4/c28-20(17-27-22(24-31-23(27)30)19-8-2-1-3-9-19)16-25-12-14-26(15-13-25)21(29)11-10-18-6-4-5-7-18/h1-3,8-9,18,20,28H,4-7,10-17H2. The Labute approximate surface area is 182 Å². The zero-order valence-corrected chi connectivity index (χ0v) is 18.0. The Kier molecular flexibility index (Phi) is 7.19. The molecule has 1 aromatic heterocycles. The van der Waals surface area contributed by atoms with E-state index in [-0.39, 0.29) is 12.5 Å². The predicted molar refractivity (Wildman–Crippen MR) is 116 cm³/mol. The number of aromatic nitrogens is 2. The normalized spacial score (nSPS) is 19.1. The molecule has 1 aromatic carbocycles. The van der Waals surface area contributed by atoms with Gasteiger partial charge in [0.2, 0.25) is 5.91 Å². The minimum absolute atomic E-state index is 0.118. The summed E-state index contributed by atoms with van der Waals surface area (Å²) < 4.78 is 6.21.